The SMILES string of the molecule is Cc1cc2ncnc(Nc3ccc(Oc4ccccc4)cc3)c2cc1C.Cl. The first kappa shape index (κ1) is 18.7. The quantitative estimate of drug-likeness (QED) is 0.459. The largest absolute Gasteiger partial charge is 0.457 e. The molecule has 1 aromatic heterocycles. The summed E-state index contributed by atoms with van der Waals surface area (Å²) in [4.78, 5) is 8.78. The van der Waals surface area contributed by atoms with Gasteiger partial charge in [-0.2, -0.15) is 0 Å². The molecule has 0 radical (unpaired) electrons. The molecule has 0 saturated heterocycles. The molecule has 0 aliphatic carbocycles. The Hall–Kier alpha value is -3.11. The van der Waals surface area contributed by atoms with Crippen LogP contribution in [0.5, 0.6) is 11.5 Å². The highest BCUT2D eigenvalue weighted by atomic mass is 35.5. The zero-order valence-corrected chi connectivity index (χ0v) is 16.0. The van der Waals surface area contributed by atoms with E-state index in [1.807, 2.05) is 54.6 Å². The first-order valence-electron chi connectivity index (χ1n) is 8.51. The average Bonchev–Trinajstić information content (AvgIpc) is 2.66. The first-order chi connectivity index (χ1) is 12.7. The Morgan fingerprint density at radius 3 is 2.19 bits per heavy atom. The number of aromatic nitrogens is 2. The molecule has 4 nitrogen and oxygen atoms in total. The molecule has 0 aliphatic heterocycles. The second kappa shape index (κ2) is 8.06. The van der Waals surface area contributed by atoms with Crippen molar-refractivity contribution in [3.63, 3.8) is 0 Å². The van der Waals surface area contributed by atoms with Crippen LogP contribution in [0.4, 0.5) is 11.5 Å². The summed E-state index contributed by atoms with van der Waals surface area (Å²) in [6.07, 6.45) is 1.59. The van der Waals surface area contributed by atoms with Gasteiger partial charge in [0.1, 0.15) is 23.6 Å². The maximum atomic E-state index is 5.83. The summed E-state index contributed by atoms with van der Waals surface area (Å²) in [6.45, 7) is 4.19. The normalized spacial score (nSPS) is 10.3. The van der Waals surface area contributed by atoms with Gasteiger partial charge in [-0.3, -0.25) is 0 Å². The molecule has 0 atom stereocenters. The Balaban J connectivity index is 0.00000210. The van der Waals surface area contributed by atoms with Crippen molar-refractivity contribution in [3.8, 4) is 11.5 Å². The van der Waals surface area contributed by atoms with Crippen LogP contribution in [0.2, 0.25) is 0 Å². The van der Waals surface area contributed by atoms with Crippen molar-refractivity contribution in [1.29, 1.82) is 0 Å². The second-order valence-corrected chi connectivity index (χ2v) is 6.24. The summed E-state index contributed by atoms with van der Waals surface area (Å²) < 4.78 is 5.83. The third-order valence-corrected chi connectivity index (χ3v) is 4.35. The smallest absolute Gasteiger partial charge is 0.141 e. The number of rotatable bonds is 4. The van der Waals surface area contributed by atoms with Gasteiger partial charge in [0.05, 0.1) is 5.52 Å². The molecule has 27 heavy (non-hydrogen) atoms. The summed E-state index contributed by atoms with van der Waals surface area (Å²) in [6, 6.07) is 21.8. The molecule has 1 N–H and O–H groups in total. The van der Waals surface area contributed by atoms with Gasteiger partial charge in [0, 0.05) is 11.1 Å². The van der Waals surface area contributed by atoms with Gasteiger partial charge in [-0.1, -0.05) is 18.2 Å². The van der Waals surface area contributed by atoms with Gasteiger partial charge in [0.15, 0.2) is 0 Å². The Labute approximate surface area is 164 Å². The molecular weight excluding hydrogens is 358 g/mol. The van der Waals surface area contributed by atoms with Crippen molar-refractivity contribution in [3.05, 3.63) is 84.2 Å². The zero-order valence-electron chi connectivity index (χ0n) is 15.1. The molecule has 0 amide bonds. The lowest BCUT2D eigenvalue weighted by molar-refractivity contribution is 0.483. The monoisotopic (exact) mass is 377 g/mol. The van der Waals surface area contributed by atoms with E-state index in [1.165, 1.54) is 11.1 Å². The number of fused-ring (bicyclic) bond motifs is 1. The number of hydrogen-bond acceptors (Lipinski definition) is 4. The van der Waals surface area contributed by atoms with E-state index in [0.29, 0.717) is 0 Å². The molecule has 4 rings (SSSR count). The van der Waals surface area contributed by atoms with Crippen LogP contribution in [0.25, 0.3) is 10.9 Å². The zero-order chi connectivity index (χ0) is 17.9. The predicted octanol–water partition coefficient (Wildman–Crippen LogP) is 6.20. The number of ether oxygens (including phenoxy) is 1. The Morgan fingerprint density at radius 1 is 0.778 bits per heavy atom. The Kier molecular flexibility index (Phi) is 5.57. The molecule has 0 spiro atoms. The number of para-hydroxylation sites is 1. The minimum absolute atomic E-state index is 0. The summed E-state index contributed by atoms with van der Waals surface area (Å²) in [5.41, 5.74) is 4.34. The van der Waals surface area contributed by atoms with E-state index in [2.05, 4.69) is 41.3 Å². The van der Waals surface area contributed by atoms with Crippen LogP contribution < -0.4 is 10.1 Å². The molecule has 3 aromatic carbocycles. The van der Waals surface area contributed by atoms with E-state index in [1.54, 1.807) is 6.33 Å². The van der Waals surface area contributed by atoms with Crippen LogP contribution in [0.15, 0.2) is 73.1 Å². The van der Waals surface area contributed by atoms with Crippen molar-refractivity contribution in [2.75, 3.05) is 5.32 Å². The van der Waals surface area contributed by atoms with Crippen molar-refractivity contribution in [2.45, 2.75) is 13.8 Å². The summed E-state index contributed by atoms with van der Waals surface area (Å²) >= 11 is 0. The van der Waals surface area contributed by atoms with Gasteiger partial charge < -0.3 is 10.1 Å². The molecule has 0 unspecified atom stereocenters. The van der Waals surface area contributed by atoms with Crippen molar-refractivity contribution in [1.82, 2.24) is 9.97 Å². The summed E-state index contributed by atoms with van der Waals surface area (Å²) in [5, 5.41) is 4.39. The number of halogens is 1. The van der Waals surface area contributed by atoms with E-state index in [4.69, 9.17) is 4.74 Å². The van der Waals surface area contributed by atoms with E-state index >= 15 is 0 Å². The highest BCUT2D eigenvalue weighted by Gasteiger charge is 2.06. The number of nitrogens with one attached hydrogen (secondary N) is 1. The lowest BCUT2D eigenvalue weighted by atomic mass is 10.1. The van der Waals surface area contributed by atoms with E-state index < -0.39 is 0 Å². The highest BCUT2D eigenvalue weighted by molar-refractivity contribution is 5.91. The average molecular weight is 378 g/mol. The van der Waals surface area contributed by atoms with Crippen LogP contribution in [-0.4, -0.2) is 9.97 Å². The minimum atomic E-state index is 0. The predicted molar refractivity (Wildman–Crippen MR) is 113 cm³/mol. The number of nitrogens with zero attached hydrogens (tertiary/aromatic N) is 2. The summed E-state index contributed by atoms with van der Waals surface area (Å²) in [5.74, 6) is 2.41. The molecule has 0 saturated carbocycles. The molecule has 5 heteroatoms. The third-order valence-electron chi connectivity index (χ3n) is 4.35. The van der Waals surface area contributed by atoms with Gasteiger partial charge in [-0.05, 0) is 73.5 Å². The van der Waals surface area contributed by atoms with Crippen LogP contribution in [0.3, 0.4) is 0 Å². The third kappa shape index (κ3) is 4.18. The fourth-order valence-corrected chi connectivity index (χ4v) is 2.78. The molecule has 0 aliphatic rings. The lowest BCUT2D eigenvalue weighted by Crippen LogP contribution is -1.97. The van der Waals surface area contributed by atoms with Gasteiger partial charge in [0.25, 0.3) is 0 Å². The van der Waals surface area contributed by atoms with Gasteiger partial charge in [0.2, 0.25) is 0 Å². The van der Waals surface area contributed by atoms with Crippen molar-refractivity contribution in [2.24, 2.45) is 0 Å². The number of anilines is 2. The molecule has 136 valence electrons. The number of aryl methyl sites for hydroxylation is 2. The second-order valence-electron chi connectivity index (χ2n) is 6.24. The lowest BCUT2D eigenvalue weighted by Gasteiger charge is -2.11. The fraction of sp³-hybridized carbons (Fsp3) is 0.0909. The minimum Gasteiger partial charge on any atom is -0.457 e. The van der Waals surface area contributed by atoms with Crippen LogP contribution in [0, 0.1) is 13.8 Å². The van der Waals surface area contributed by atoms with Crippen LogP contribution >= 0.6 is 12.4 Å². The summed E-state index contributed by atoms with van der Waals surface area (Å²) in [7, 11) is 0. The molecule has 4 aromatic rings. The number of benzene rings is 3. The van der Waals surface area contributed by atoms with Gasteiger partial charge in [-0.15, -0.1) is 12.4 Å². The maximum Gasteiger partial charge on any atom is 0.141 e. The van der Waals surface area contributed by atoms with Crippen LogP contribution in [0.1, 0.15) is 11.1 Å². The molecular formula is C22H20ClN3O. The Bertz CT molecular complexity index is 1050. The number of hydrogen-bond donors (Lipinski definition) is 1. The van der Waals surface area contributed by atoms with E-state index in [9.17, 15) is 0 Å². The van der Waals surface area contributed by atoms with Crippen LogP contribution in [-0.2, 0) is 0 Å². The standard InChI is InChI=1S/C22H19N3O.ClH/c1-15-12-20-21(13-16(15)2)23-14-24-22(20)25-17-8-10-19(11-9-17)26-18-6-4-3-5-7-18;/h3-14H,1-2H3,(H,23,24,25);1H. The van der Waals surface area contributed by atoms with Crippen molar-refractivity contribution < 1.29 is 4.74 Å². The molecule has 1 heterocycles. The van der Waals surface area contributed by atoms with Gasteiger partial charge in [-0.25, -0.2) is 9.97 Å². The molecule has 0 fully saturated rings. The van der Waals surface area contributed by atoms with E-state index in [0.717, 1.165) is 33.9 Å². The van der Waals surface area contributed by atoms with E-state index in [-0.39, 0.29) is 12.4 Å². The van der Waals surface area contributed by atoms with Gasteiger partial charge >= 0.3 is 0 Å². The maximum absolute atomic E-state index is 5.83. The Morgan fingerprint density at radius 2 is 1.44 bits per heavy atom. The fourth-order valence-electron chi connectivity index (χ4n) is 2.78. The molecule has 0 bridgehead atoms. The highest BCUT2D eigenvalue weighted by Crippen LogP contribution is 2.27. The van der Waals surface area contributed by atoms with Crippen molar-refractivity contribution >= 4 is 34.8 Å². The first-order valence-corrected chi connectivity index (χ1v) is 8.51. The topological polar surface area (TPSA) is 47.0 Å².